The van der Waals surface area contributed by atoms with Crippen molar-refractivity contribution in [3.05, 3.63) is 95.6 Å². The Morgan fingerprint density at radius 2 is 1.62 bits per heavy atom. The van der Waals surface area contributed by atoms with E-state index in [-0.39, 0.29) is 18.9 Å². The SMILES string of the molecule is COC(=O)c1ccc(NCC(O)COc2ccccc2C(=O)CCc2ccccc2)cc1. The van der Waals surface area contributed by atoms with Crippen LogP contribution in [0.25, 0.3) is 0 Å². The number of rotatable bonds is 11. The highest BCUT2D eigenvalue weighted by molar-refractivity contribution is 5.98. The average molecular weight is 434 g/mol. The molecule has 6 heteroatoms. The Morgan fingerprint density at radius 1 is 0.938 bits per heavy atom. The summed E-state index contributed by atoms with van der Waals surface area (Å²) in [6, 6.07) is 23.7. The molecule has 32 heavy (non-hydrogen) atoms. The van der Waals surface area contributed by atoms with Crippen LogP contribution in [0.15, 0.2) is 78.9 Å². The molecule has 0 aliphatic rings. The first kappa shape index (κ1) is 23.0. The first-order valence-electron chi connectivity index (χ1n) is 10.5. The van der Waals surface area contributed by atoms with Crippen LogP contribution >= 0.6 is 0 Å². The van der Waals surface area contributed by atoms with Crippen LogP contribution in [-0.4, -0.2) is 43.2 Å². The highest BCUT2D eigenvalue weighted by Crippen LogP contribution is 2.21. The minimum atomic E-state index is -0.789. The number of benzene rings is 3. The molecule has 0 aliphatic carbocycles. The Labute approximate surface area is 187 Å². The summed E-state index contributed by atoms with van der Waals surface area (Å²) in [4.78, 5) is 24.2. The normalized spacial score (nSPS) is 11.4. The third kappa shape index (κ3) is 6.68. The maximum absolute atomic E-state index is 12.7. The summed E-state index contributed by atoms with van der Waals surface area (Å²) in [5.41, 5.74) is 2.84. The maximum atomic E-state index is 12.7. The van der Waals surface area contributed by atoms with E-state index in [0.717, 1.165) is 11.3 Å². The molecule has 3 aromatic rings. The van der Waals surface area contributed by atoms with Gasteiger partial charge in [0.15, 0.2) is 5.78 Å². The highest BCUT2D eigenvalue weighted by atomic mass is 16.5. The number of aryl methyl sites for hydroxylation is 1. The predicted molar refractivity (Wildman–Crippen MR) is 123 cm³/mol. The molecule has 0 saturated carbocycles. The fraction of sp³-hybridized carbons (Fsp3) is 0.231. The lowest BCUT2D eigenvalue weighted by atomic mass is 10.0. The molecule has 1 unspecified atom stereocenters. The zero-order valence-electron chi connectivity index (χ0n) is 18.0. The number of aliphatic hydroxyl groups is 1. The smallest absolute Gasteiger partial charge is 0.337 e. The van der Waals surface area contributed by atoms with Crippen molar-refractivity contribution >= 4 is 17.4 Å². The molecule has 0 aliphatic heterocycles. The van der Waals surface area contributed by atoms with Gasteiger partial charge in [-0.25, -0.2) is 4.79 Å². The highest BCUT2D eigenvalue weighted by Gasteiger charge is 2.14. The monoisotopic (exact) mass is 433 g/mol. The fourth-order valence-electron chi connectivity index (χ4n) is 3.18. The van der Waals surface area contributed by atoms with Crippen LogP contribution in [0.2, 0.25) is 0 Å². The van der Waals surface area contributed by atoms with Crippen LogP contribution in [0.3, 0.4) is 0 Å². The number of anilines is 1. The van der Waals surface area contributed by atoms with Crippen molar-refractivity contribution < 1.29 is 24.2 Å². The Balaban J connectivity index is 1.49. The van der Waals surface area contributed by atoms with Crippen molar-refractivity contribution in [3.8, 4) is 5.75 Å². The van der Waals surface area contributed by atoms with E-state index in [0.29, 0.717) is 29.7 Å². The number of aliphatic hydroxyl groups excluding tert-OH is 1. The van der Waals surface area contributed by atoms with E-state index in [1.54, 1.807) is 48.5 Å². The first-order chi connectivity index (χ1) is 15.6. The standard InChI is InChI=1S/C26H27NO5/c1-31-26(30)20-12-14-21(15-13-20)27-17-22(28)18-32-25-10-6-5-9-23(25)24(29)16-11-19-7-3-2-4-8-19/h2-10,12-15,22,27-28H,11,16-18H2,1H3. The largest absolute Gasteiger partial charge is 0.490 e. The molecule has 6 nitrogen and oxygen atoms in total. The predicted octanol–water partition coefficient (Wildman–Crippen LogP) is 4.14. The zero-order chi connectivity index (χ0) is 22.8. The van der Waals surface area contributed by atoms with Gasteiger partial charge in [0.2, 0.25) is 0 Å². The summed E-state index contributed by atoms with van der Waals surface area (Å²) in [6.45, 7) is 0.290. The van der Waals surface area contributed by atoms with Gasteiger partial charge in [0.05, 0.1) is 18.2 Å². The second kappa shape index (κ2) is 11.7. The van der Waals surface area contributed by atoms with Crippen molar-refractivity contribution in [1.82, 2.24) is 0 Å². The third-order valence-electron chi connectivity index (χ3n) is 4.95. The third-order valence-corrected chi connectivity index (χ3v) is 4.95. The molecule has 166 valence electrons. The van der Waals surface area contributed by atoms with E-state index < -0.39 is 12.1 Å². The van der Waals surface area contributed by atoms with Gasteiger partial charge in [0.25, 0.3) is 0 Å². The van der Waals surface area contributed by atoms with E-state index in [4.69, 9.17) is 4.74 Å². The Hall–Kier alpha value is -3.64. The molecular weight excluding hydrogens is 406 g/mol. The van der Waals surface area contributed by atoms with Gasteiger partial charge >= 0.3 is 5.97 Å². The Morgan fingerprint density at radius 3 is 2.34 bits per heavy atom. The van der Waals surface area contributed by atoms with E-state index >= 15 is 0 Å². The number of esters is 1. The van der Waals surface area contributed by atoms with E-state index in [1.807, 2.05) is 30.3 Å². The van der Waals surface area contributed by atoms with Gasteiger partial charge in [-0.15, -0.1) is 0 Å². The molecule has 0 spiro atoms. The molecule has 1 atom stereocenters. The number of carbonyl (C=O) groups is 2. The van der Waals surface area contributed by atoms with Crippen molar-refractivity contribution in [2.45, 2.75) is 18.9 Å². The van der Waals surface area contributed by atoms with Crippen LogP contribution in [0.4, 0.5) is 5.69 Å². The molecule has 0 heterocycles. The van der Waals surface area contributed by atoms with Gasteiger partial charge in [-0.05, 0) is 48.4 Å². The second-order valence-electron chi connectivity index (χ2n) is 7.32. The summed E-state index contributed by atoms with van der Waals surface area (Å²) in [6.07, 6.45) is 0.258. The Kier molecular flexibility index (Phi) is 8.40. The zero-order valence-corrected chi connectivity index (χ0v) is 18.0. The molecule has 3 rings (SSSR count). The number of carbonyl (C=O) groups excluding carboxylic acids is 2. The molecule has 3 aromatic carbocycles. The summed E-state index contributed by atoms with van der Waals surface area (Å²) < 4.78 is 10.4. The molecule has 0 fully saturated rings. The van der Waals surface area contributed by atoms with Crippen molar-refractivity contribution in [1.29, 1.82) is 0 Å². The van der Waals surface area contributed by atoms with Gasteiger partial charge in [0.1, 0.15) is 18.5 Å². The number of hydrogen-bond donors (Lipinski definition) is 2. The minimum absolute atomic E-state index is 0.00256. The minimum Gasteiger partial charge on any atom is -0.490 e. The van der Waals surface area contributed by atoms with E-state index in [2.05, 4.69) is 10.1 Å². The summed E-state index contributed by atoms with van der Waals surface area (Å²) in [7, 11) is 1.33. The number of ketones is 1. The van der Waals surface area contributed by atoms with Crippen LogP contribution in [0, 0.1) is 0 Å². The molecule has 0 amide bonds. The average Bonchev–Trinajstić information content (AvgIpc) is 2.85. The van der Waals surface area contributed by atoms with Gasteiger partial charge in [-0.1, -0.05) is 42.5 Å². The quantitative estimate of drug-likeness (QED) is 0.349. The van der Waals surface area contributed by atoms with Gasteiger partial charge in [0, 0.05) is 18.7 Å². The number of ether oxygens (including phenoxy) is 2. The number of Topliss-reactive ketones (excluding diaryl/α,β-unsaturated/α-hetero) is 1. The molecular formula is C26H27NO5. The second-order valence-corrected chi connectivity index (χ2v) is 7.32. The maximum Gasteiger partial charge on any atom is 0.337 e. The number of nitrogens with one attached hydrogen (secondary N) is 1. The van der Waals surface area contributed by atoms with Crippen LogP contribution < -0.4 is 10.1 Å². The van der Waals surface area contributed by atoms with Crippen LogP contribution in [0.1, 0.15) is 32.7 Å². The summed E-state index contributed by atoms with van der Waals surface area (Å²) in [5.74, 6) is 0.0665. The van der Waals surface area contributed by atoms with Gasteiger partial charge in [-0.2, -0.15) is 0 Å². The van der Waals surface area contributed by atoms with Gasteiger partial charge < -0.3 is 19.9 Å². The number of methoxy groups -OCH3 is 1. The lowest BCUT2D eigenvalue weighted by Crippen LogP contribution is -2.26. The first-order valence-corrected chi connectivity index (χ1v) is 10.5. The van der Waals surface area contributed by atoms with Crippen LogP contribution in [-0.2, 0) is 11.2 Å². The lowest BCUT2D eigenvalue weighted by molar-refractivity contribution is 0.0600. The number of hydrogen-bond acceptors (Lipinski definition) is 6. The molecule has 0 saturated heterocycles. The molecule has 0 aromatic heterocycles. The Bertz CT molecular complexity index is 1020. The molecule has 0 radical (unpaired) electrons. The topological polar surface area (TPSA) is 84.9 Å². The van der Waals surface area contributed by atoms with Crippen LogP contribution in [0.5, 0.6) is 5.75 Å². The molecule has 0 bridgehead atoms. The summed E-state index contributed by atoms with van der Waals surface area (Å²) in [5, 5.41) is 13.4. The van der Waals surface area contributed by atoms with Crippen molar-refractivity contribution in [2.75, 3.05) is 25.6 Å². The van der Waals surface area contributed by atoms with Crippen molar-refractivity contribution in [3.63, 3.8) is 0 Å². The van der Waals surface area contributed by atoms with E-state index in [1.165, 1.54) is 7.11 Å². The number of para-hydroxylation sites is 1. The lowest BCUT2D eigenvalue weighted by Gasteiger charge is -2.16. The molecule has 2 N–H and O–H groups in total. The summed E-state index contributed by atoms with van der Waals surface area (Å²) >= 11 is 0. The fourth-order valence-corrected chi connectivity index (χ4v) is 3.18. The van der Waals surface area contributed by atoms with E-state index in [9.17, 15) is 14.7 Å². The van der Waals surface area contributed by atoms with Gasteiger partial charge in [-0.3, -0.25) is 4.79 Å². The van der Waals surface area contributed by atoms with Crippen molar-refractivity contribution in [2.24, 2.45) is 0 Å².